The lowest BCUT2D eigenvalue weighted by molar-refractivity contribution is 0.325. The monoisotopic (exact) mass is 187 g/mol. The number of methoxy groups -OCH3 is 1. The van der Waals surface area contributed by atoms with Crippen molar-refractivity contribution in [3.63, 3.8) is 0 Å². The van der Waals surface area contributed by atoms with E-state index in [2.05, 4.69) is 5.32 Å². The van der Waals surface area contributed by atoms with Crippen LogP contribution in [0.2, 0.25) is 5.02 Å². The molecule has 66 valence electrons. The van der Waals surface area contributed by atoms with Crippen LogP contribution in [0.25, 0.3) is 0 Å². The SMILES string of the molecule is COc1ccc(NCO)c(Cl)c1. The molecule has 0 unspecified atom stereocenters. The van der Waals surface area contributed by atoms with Crippen LogP contribution in [0, 0.1) is 0 Å². The second-order valence-electron chi connectivity index (χ2n) is 2.18. The first-order valence-electron chi connectivity index (χ1n) is 3.46. The van der Waals surface area contributed by atoms with Crippen LogP contribution < -0.4 is 10.1 Å². The first-order valence-corrected chi connectivity index (χ1v) is 3.84. The molecular weight excluding hydrogens is 178 g/mol. The number of hydrogen-bond donors (Lipinski definition) is 2. The van der Waals surface area contributed by atoms with Gasteiger partial charge in [-0.2, -0.15) is 0 Å². The summed E-state index contributed by atoms with van der Waals surface area (Å²) >= 11 is 5.83. The zero-order valence-electron chi connectivity index (χ0n) is 6.67. The Labute approximate surface area is 75.9 Å². The Bertz CT molecular complexity index is 265. The van der Waals surface area contributed by atoms with E-state index in [1.807, 2.05) is 0 Å². The normalized spacial score (nSPS) is 9.58. The number of nitrogens with one attached hydrogen (secondary N) is 1. The highest BCUT2D eigenvalue weighted by molar-refractivity contribution is 6.33. The Hall–Kier alpha value is -0.930. The summed E-state index contributed by atoms with van der Waals surface area (Å²) in [6.07, 6.45) is 0. The van der Waals surface area contributed by atoms with Crippen LogP contribution in [-0.4, -0.2) is 18.9 Å². The minimum atomic E-state index is -0.133. The molecule has 0 saturated carbocycles. The van der Waals surface area contributed by atoms with Gasteiger partial charge in [-0.3, -0.25) is 0 Å². The van der Waals surface area contributed by atoms with E-state index in [0.717, 1.165) is 0 Å². The van der Waals surface area contributed by atoms with Gasteiger partial charge in [0.25, 0.3) is 0 Å². The number of benzene rings is 1. The Balaban J connectivity index is 2.87. The number of halogens is 1. The molecule has 1 rings (SSSR count). The molecule has 0 fully saturated rings. The Morgan fingerprint density at radius 2 is 2.33 bits per heavy atom. The van der Waals surface area contributed by atoms with E-state index in [4.69, 9.17) is 21.4 Å². The quantitative estimate of drug-likeness (QED) is 0.708. The van der Waals surface area contributed by atoms with E-state index in [1.165, 1.54) is 0 Å². The van der Waals surface area contributed by atoms with E-state index in [0.29, 0.717) is 16.5 Å². The minimum Gasteiger partial charge on any atom is -0.497 e. The number of ether oxygens (including phenoxy) is 1. The third-order valence-corrected chi connectivity index (χ3v) is 1.76. The molecule has 0 radical (unpaired) electrons. The Morgan fingerprint density at radius 3 is 2.83 bits per heavy atom. The van der Waals surface area contributed by atoms with Crippen LogP contribution in [0.3, 0.4) is 0 Å². The van der Waals surface area contributed by atoms with Gasteiger partial charge < -0.3 is 15.2 Å². The number of aliphatic hydroxyl groups is 1. The highest BCUT2D eigenvalue weighted by atomic mass is 35.5. The topological polar surface area (TPSA) is 41.5 Å². The summed E-state index contributed by atoms with van der Waals surface area (Å²) in [7, 11) is 1.57. The van der Waals surface area contributed by atoms with E-state index >= 15 is 0 Å². The molecule has 0 amide bonds. The zero-order valence-corrected chi connectivity index (χ0v) is 7.43. The summed E-state index contributed by atoms with van der Waals surface area (Å²) < 4.78 is 4.95. The van der Waals surface area contributed by atoms with Crippen molar-refractivity contribution in [2.45, 2.75) is 0 Å². The second-order valence-corrected chi connectivity index (χ2v) is 2.59. The smallest absolute Gasteiger partial charge is 0.120 e. The number of hydrogen-bond acceptors (Lipinski definition) is 3. The third kappa shape index (κ3) is 2.03. The molecule has 1 aromatic carbocycles. The molecule has 0 aliphatic rings. The molecule has 0 atom stereocenters. The van der Waals surface area contributed by atoms with Crippen LogP contribution in [0.4, 0.5) is 5.69 Å². The number of anilines is 1. The van der Waals surface area contributed by atoms with Crippen molar-refractivity contribution in [2.75, 3.05) is 19.2 Å². The Kier molecular flexibility index (Phi) is 3.19. The maximum absolute atomic E-state index is 8.57. The van der Waals surface area contributed by atoms with Crippen molar-refractivity contribution in [3.8, 4) is 5.75 Å². The van der Waals surface area contributed by atoms with Gasteiger partial charge in [0.15, 0.2) is 0 Å². The van der Waals surface area contributed by atoms with Crippen LogP contribution in [0.15, 0.2) is 18.2 Å². The standard InChI is InChI=1S/C8H10ClNO2/c1-12-6-2-3-8(10-5-11)7(9)4-6/h2-4,10-11H,5H2,1H3. The maximum atomic E-state index is 8.57. The molecule has 2 N–H and O–H groups in total. The molecule has 0 saturated heterocycles. The molecule has 0 bridgehead atoms. The van der Waals surface area contributed by atoms with Gasteiger partial charge in [-0.05, 0) is 12.1 Å². The van der Waals surface area contributed by atoms with Gasteiger partial charge in [-0.25, -0.2) is 0 Å². The van der Waals surface area contributed by atoms with Gasteiger partial charge in [0.05, 0.1) is 17.8 Å². The zero-order chi connectivity index (χ0) is 8.97. The largest absolute Gasteiger partial charge is 0.497 e. The number of rotatable bonds is 3. The van der Waals surface area contributed by atoms with E-state index in [9.17, 15) is 0 Å². The molecular formula is C8H10ClNO2. The van der Waals surface area contributed by atoms with Gasteiger partial charge in [0, 0.05) is 6.07 Å². The predicted octanol–water partition coefficient (Wildman–Crippen LogP) is 1.71. The van der Waals surface area contributed by atoms with E-state index < -0.39 is 0 Å². The summed E-state index contributed by atoms with van der Waals surface area (Å²) in [6.45, 7) is -0.133. The first-order chi connectivity index (χ1) is 5.77. The first kappa shape index (κ1) is 9.16. The fraction of sp³-hybridized carbons (Fsp3) is 0.250. The van der Waals surface area contributed by atoms with E-state index in [-0.39, 0.29) is 6.73 Å². The van der Waals surface area contributed by atoms with Crippen molar-refractivity contribution in [2.24, 2.45) is 0 Å². The fourth-order valence-corrected chi connectivity index (χ4v) is 1.09. The summed E-state index contributed by atoms with van der Waals surface area (Å²) in [4.78, 5) is 0. The van der Waals surface area contributed by atoms with Gasteiger partial charge in [-0.15, -0.1) is 0 Å². The van der Waals surface area contributed by atoms with Crippen molar-refractivity contribution in [3.05, 3.63) is 23.2 Å². The highest BCUT2D eigenvalue weighted by Gasteiger charge is 1.99. The van der Waals surface area contributed by atoms with Crippen LogP contribution in [-0.2, 0) is 0 Å². The molecule has 12 heavy (non-hydrogen) atoms. The van der Waals surface area contributed by atoms with Gasteiger partial charge in [0.2, 0.25) is 0 Å². The Morgan fingerprint density at radius 1 is 1.58 bits per heavy atom. The van der Waals surface area contributed by atoms with Crippen molar-refractivity contribution >= 4 is 17.3 Å². The summed E-state index contributed by atoms with van der Waals surface area (Å²) in [5, 5.41) is 11.8. The van der Waals surface area contributed by atoms with Crippen molar-refractivity contribution < 1.29 is 9.84 Å². The third-order valence-electron chi connectivity index (χ3n) is 1.45. The average Bonchev–Trinajstić information content (AvgIpc) is 2.09. The molecule has 0 aliphatic heterocycles. The average molecular weight is 188 g/mol. The lowest BCUT2D eigenvalue weighted by Gasteiger charge is -2.06. The second kappa shape index (κ2) is 4.18. The lowest BCUT2D eigenvalue weighted by Crippen LogP contribution is -1.99. The summed E-state index contributed by atoms with van der Waals surface area (Å²) in [5.74, 6) is 0.698. The van der Waals surface area contributed by atoms with Crippen molar-refractivity contribution in [1.82, 2.24) is 0 Å². The van der Waals surface area contributed by atoms with Crippen molar-refractivity contribution in [1.29, 1.82) is 0 Å². The lowest BCUT2D eigenvalue weighted by atomic mass is 10.3. The molecule has 0 aliphatic carbocycles. The van der Waals surface area contributed by atoms with Crippen LogP contribution in [0.5, 0.6) is 5.75 Å². The highest BCUT2D eigenvalue weighted by Crippen LogP contribution is 2.25. The van der Waals surface area contributed by atoms with Crippen LogP contribution >= 0.6 is 11.6 Å². The molecule has 0 spiro atoms. The fourth-order valence-electron chi connectivity index (χ4n) is 0.851. The maximum Gasteiger partial charge on any atom is 0.120 e. The van der Waals surface area contributed by atoms with Gasteiger partial charge >= 0.3 is 0 Å². The molecule has 4 heteroatoms. The summed E-state index contributed by atoms with van der Waals surface area (Å²) in [5.41, 5.74) is 0.694. The molecule has 3 nitrogen and oxygen atoms in total. The van der Waals surface area contributed by atoms with Crippen LogP contribution in [0.1, 0.15) is 0 Å². The predicted molar refractivity (Wildman–Crippen MR) is 48.7 cm³/mol. The minimum absolute atomic E-state index is 0.133. The number of aliphatic hydroxyl groups excluding tert-OH is 1. The van der Waals surface area contributed by atoms with Gasteiger partial charge in [0.1, 0.15) is 12.5 Å². The molecule has 1 aromatic rings. The summed E-state index contributed by atoms with van der Waals surface area (Å²) in [6, 6.07) is 5.20. The molecule has 0 heterocycles. The molecule has 0 aromatic heterocycles. The van der Waals surface area contributed by atoms with E-state index in [1.54, 1.807) is 25.3 Å². The van der Waals surface area contributed by atoms with Gasteiger partial charge in [-0.1, -0.05) is 11.6 Å².